The van der Waals surface area contributed by atoms with E-state index in [1.807, 2.05) is 23.9 Å². The van der Waals surface area contributed by atoms with Crippen LogP contribution < -0.4 is 10.2 Å². The van der Waals surface area contributed by atoms with Crippen LogP contribution in [-0.2, 0) is 11.3 Å². The number of rotatable bonds is 6. The summed E-state index contributed by atoms with van der Waals surface area (Å²) < 4.78 is 40.7. The minimum atomic E-state index is -4.49. The highest BCUT2D eigenvalue weighted by molar-refractivity contribution is 6.31. The standard InChI is InChI=1S/C26H29ClF3N9O/c1-31-20-13-16(27)6-7-19(20)33-22-18-14-32-39(15-26(28,29)30)23(18)35-25(34-22)38-11-8-17(9-12-38)37(3)24(40)21-5-4-10-36(21)2/h6-7,13-14,17,21H,4-5,8-12,15H2,2-3H3,(H,33,34,35). The van der Waals surface area contributed by atoms with Crippen molar-refractivity contribution in [2.45, 2.75) is 50.5 Å². The maximum atomic E-state index is 13.3. The first kappa shape index (κ1) is 27.9. The van der Waals surface area contributed by atoms with Gasteiger partial charge in [0, 0.05) is 36.9 Å². The number of aromatic nitrogens is 4. The van der Waals surface area contributed by atoms with Crippen LogP contribution in [0.25, 0.3) is 15.9 Å². The zero-order chi connectivity index (χ0) is 28.6. The molecule has 14 heteroatoms. The minimum absolute atomic E-state index is 0.0295. The van der Waals surface area contributed by atoms with Crippen LogP contribution in [0.15, 0.2) is 24.4 Å². The Morgan fingerprint density at radius 2 is 1.98 bits per heavy atom. The monoisotopic (exact) mass is 575 g/mol. The first-order chi connectivity index (χ1) is 19.0. The van der Waals surface area contributed by atoms with E-state index in [1.165, 1.54) is 12.3 Å². The molecule has 4 heterocycles. The fourth-order valence-corrected chi connectivity index (χ4v) is 5.55. The summed E-state index contributed by atoms with van der Waals surface area (Å²) in [6.45, 7) is 8.14. The zero-order valence-corrected chi connectivity index (χ0v) is 22.9. The minimum Gasteiger partial charge on any atom is -0.349 e. The molecule has 0 bridgehead atoms. The number of piperidine rings is 1. The number of carbonyl (C=O) groups excluding carboxylic acids is 1. The van der Waals surface area contributed by atoms with E-state index in [-0.39, 0.29) is 41.1 Å². The Hall–Kier alpha value is -3.63. The van der Waals surface area contributed by atoms with Crippen LogP contribution in [0.3, 0.4) is 0 Å². The Bertz CT molecular complexity index is 1450. The van der Waals surface area contributed by atoms with Crippen molar-refractivity contribution in [2.24, 2.45) is 0 Å². The molecule has 10 nitrogen and oxygen atoms in total. The summed E-state index contributed by atoms with van der Waals surface area (Å²) in [5.41, 5.74) is 0.677. The molecule has 212 valence electrons. The van der Waals surface area contributed by atoms with E-state index in [1.54, 1.807) is 12.1 Å². The molecule has 2 aliphatic rings. The Balaban J connectivity index is 1.42. The fourth-order valence-electron chi connectivity index (χ4n) is 5.39. The number of hydrogen-bond donors (Lipinski definition) is 1. The lowest BCUT2D eigenvalue weighted by molar-refractivity contribution is -0.142. The Labute approximate surface area is 234 Å². The highest BCUT2D eigenvalue weighted by atomic mass is 35.5. The quantitative estimate of drug-likeness (QED) is 0.420. The third kappa shape index (κ3) is 5.78. The number of anilines is 3. The van der Waals surface area contributed by atoms with Crippen LogP contribution in [0.1, 0.15) is 25.7 Å². The van der Waals surface area contributed by atoms with Gasteiger partial charge in [-0.25, -0.2) is 9.53 Å². The SMILES string of the molecule is [C-]#[N+]c1cc(Cl)ccc1Nc1nc(N2CCC(N(C)C(=O)C3CCCN3C)CC2)nc2c1cnn2CC(F)(F)F. The van der Waals surface area contributed by atoms with Gasteiger partial charge in [0.25, 0.3) is 0 Å². The number of fused-ring (bicyclic) bond motifs is 1. The van der Waals surface area contributed by atoms with Gasteiger partial charge in [-0.3, -0.25) is 9.69 Å². The van der Waals surface area contributed by atoms with E-state index in [4.69, 9.17) is 18.2 Å². The highest BCUT2D eigenvalue weighted by Gasteiger charge is 2.35. The van der Waals surface area contributed by atoms with Crippen molar-refractivity contribution in [1.29, 1.82) is 0 Å². The van der Waals surface area contributed by atoms with Crippen LogP contribution in [0.4, 0.5) is 36.3 Å². The lowest BCUT2D eigenvalue weighted by Crippen LogP contribution is -2.50. The molecule has 0 radical (unpaired) electrons. The van der Waals surface area contributed by atoms with Gasteiger partial charge in [-0.15, -0.1) is 0 Å². The number of hydrogen-bond acceptors (Lipinski definition) is 7. The second-order valence-electron chi connectivity index (χ2n) is 10.2. The second-order valence-corrected chi connectivity index (χ2v) is 10.7. The van der Waals surface area contributed by atoms with Crippen molar-refractivity contribution < 1.29 is 18.0 Å². The summed E-state index contributed by atoms with van der Waals surface area (Å²) in [4.78, 5) is 31.5. The molecule has 2 saturated heterocycles. The molecule has 0 aliphatic carbocycles. The molecule has 2 fully saturated rings. The largest absolute Gasteiger partial charge is 0.408 e. The van der Waals surface area contributed by atoms with Crippen molar-refractivity contribution in [3.63, 3.8) is 0 Å². The number of alkyl halides is 3. The smallest absolute Gasteiger partial charge is 0.349 e. The highest BCUT2D eigenvalue weighted by Crippen LogP contribution is 2.34. The predicted molar refractivity (Wildman–Crippen MR) is 146 cm³/mol. The van der Waals surface area contributed by atoms with Crippen molar-refractivity contribution in [1.82, 2.24) is 29.5 Å². The summed E-state index contributed by atoms with van der Waals surface area (Å²) in [6.07, 6.45) is -0.000881. The van der Waals surface area contributed by atoms with Crippen LogP contribution in [-0.4, -0.2) is 87.4 Å². The van der Waals surface area contributed by atoms with Crippen LogP contribution in [0, 0.1) is 6.57 Å². The topological polar surface area (TPSA) is 86.8 Å². The van der Waals surface area contributed by atoms with Crippen molar-refractivity contribution in [2.75, 3.05) is 43.9 Å². The summed E-state index contributed by atoms with van der Waals surface area (Å²) in [6, 6.07) is 4.67. The van der Waals surface area contributed by atoms with E-state index in [9.17, 15) is 18.0 Å². The van der Waals surface area contributed by atoms with Gasteiger partial charge in [-0.1, -0.05) is 11.6 Å². The molecular weight excluding hydrogens is 547 g/mol. The Morgan fingerprint density at radius 1 is 1.23 bits per heavy atom. The average Bonchev–Trinajstić information content (AvgIpc) is 3.53. The van der Waals surface area contributed by atoms with E-state index in [2.05, 4.69) is 30.1 Å². The number of nitrogens with zero attached hydrogens (tertiary/aromatic N) is 8. The zero-order valence-electron chi connectivity index (χ0n) is 22.1. The van der Waals surface area contributed by atoms with Gasteiger partial charge in [0.2, 0.25) is 17.5 Å². The first-order valence-electron chi connectivity index (χ1n) is 13.0. The predicted octanol–water partition coefficient (Wildman–Crippen LogP) is 4.86. The van der Waals surface area contributed by atoms with Gasteiger partial charge in [-0.2, -0.15) is 28.2 Å². The molecular formula is C26H29ClF3N9O. The first-order valence-corrected chi connectivity index (χ1v) is 13.4. The molecule has 1 unspecified atom stereocenters. The Kier molecular flexibility index (Phi) is 7.74. The van der Waals surface area contributed by atoms with E-state index >= 15 is 0 Å². The van der Waals surface area contributed by atoms with E-state index in [0.717, 1.165) is 24.1 Å². The molecule has 1 amide bonds. The lowest BCUT2D eigenvalue weighted by Gasteiger charge is -2.38. The van der Waals surface area contributed by atoms with Crippen LogP contribution in [0.5, 0.6) is 0 Å². The maximum Gasteiger partial charge on any atom is 0.408 e. The van der Waals surface area contributed by atoms with E-state index < -0.39 is 12.7 Å². The molecule has 40 heavy (non-hydrogen) atoms. The summed E-state index contributed by atoms with van der Waals surface area (Å²) in [7, 11) is 3.82. The normalized spacial score (nSPS) is 18.7. The molecule has 1 atom stereocenters. The lowest BCUT2D eigenvalue weighted by atomic mass is 10.0. The summed E-state index contributed by atoms with van der Waals surface area (Å²) >= 11 is 6.03. The Morgan fingerprint density at radius 3 is 2.62 bits per heavy atom. The molecule has 0 spiro atoms. The number of halogens is 4. The van der Waals surface area contributed by atoms with Crippen LogP contribution in [0.2, 0.25) is 5.02 Å². The average molecular weight is 576 g/mol. The van der Waals surface area contributed by atoms with Gasteiger partial charge in [0.15, 0.2) is 5.65 Å². The van der Waals surface area contributed by atoms with E-state index in [0.29, 0.717) is 42.0 Å². The molecule has 1 N–H and O–H groups in total. The van der Waals surface area contributed by atoms with Crippen molar-refractivity contribution in [3.05, 3.63) is 40.8 Å². The number of likely N-dealkylation sites (tertiary alicyclic amines) is 1. The van der Waals surface area contributed by atoms with Crippen LogP contribution >= 0.6 is 11.6 Å². The van der Waals surface area contributed by atoms with Gasteiger partial charge >= 0.3 is 6.18 Å². The third-order valence-corrected chi connectivity index (χ3v) is 7.83. The third-order valence-electron chi connectivity index (χ3n) is 7.59. The number of nitrogens with one attached hydrogen (secondary N) is 1. The number of amides is 1. The summed E-state index contributed by atoms with van der Waals surface area (Å²) in [5.74, 6) is 0.608. The number of carbonyl (C=O) groups is 1. The van der Waals surface area contributed by atoms with Crippen molar-refractivity contribution >= 4 is 51.7 Å². The fraction of sp³-hybridized carbons (Fsp3) is 0.500. The molecule has 0 saturated carbocycles. The van der Waals surface area contributed by atoms with Gasteiger partial charge in [0.1, 0.15) is 12.4 Å². The number of benzene rings is 1. The molecule has 3 aromatic rings. The number of likely N-dealkylation sites (N-methyl/N-ethyl adjacent to an activating group) is 2. The molecule has 1 aromatic carbocycles. The maximum absolute atomic E-state index is 13.3. The van der Waals surface area contributed by atoms with Gasteiger partial charge in [-0.05, 0) is 57.5 Å². The molecule has 2 aromatic heterocycles. The second kappa shape index (κ2) is 11.1. The van der Waals surface area contributed by atoms with Gasteiger partial charge in [0.05, 0.1) is 24.2 Å². The van der Waals surface area contributed by atoms with Gasteiger partial charge < -0.3 is 15.1 Å². The van der Waals surface area contributed by atoms with Crippen molar-refractivity contribution in [3.8, 4) is 0 Å². The molecule has 2 aliphatic heterocycles. The molecule has 5 rings (SSSR count). The summed E-state index contributed by atoms with van der Waals surface area (Å²) in [5, 5.41) is 7.69.